The van der Waals surface area contributed by atoms with Crippen molar-refractivity contribution in [1.82, 2.24) is 29.9 Å². The molecule has 4 aromatic heterocycles. The predicted molar refractivity (Wildman–Crippen MR) is 303 cm³/mol. The van der Waals surface area contributed by atoms with Crippen molar-refractivity contribution in [1.29, 1.82) is 0 Å². The van der Waals surface area contributed by atoms with Gasteiger partial charge in [0.1, 0.15) is 34.0 Å². The maximum atomic E-state index is 11.9. The van der Waals surface area contributed by atoms with Crippen LogP contribution in [0, 0.1) is 17.8 Å². The van der Waals surface area contributed by atoms with E-state index in [2.05, 4.69) is 44.4 Å². The number of aromatic nitrogens is 6. The lowest BCUT2D eigenvalue weighted by molar-refractivity contribution is -0.115. The number of anilines is 4. The summed E-state index contributed by atoms with van der Waals surface area (Å²) < 4.78 is 32.8. The Hall–Kier alpha value is -6.03. The van der Waals surface area contributed by atoms with Crippen LogP contribution in [0.15, 0.2) is 62.0 Å². The second kappa shape index (κ2) is 26.1. The fourth-order valence-electron chi connectivity index (χ4n) is 8.42. The van der Waals surface area contributed by atoms with Gasteiger partial charge in [-0.3, -0.25) is 9.59 Å². The molecule has 77 heavy (non-hydrogen) atoms. The topological polar surface area (TPSA) is 241 Å². The number of halogens is 5. The van der Waals surface area contributed by atoms with Gasteiger partial charge in [-0.25, -0.2) is 29.9 Å². The predicted octanol–water partition coefficient (Wildman–Crippen LogP) is 10.3. The van der Waals surface area contributed by atoms with Gasteiger partial charge in [-0.05, 0) is 73.4 Å². The number of rotatable bonds is 20. The summed E-state index contributed by atoms with van der Waals surface area (Å²) in [7, 11) is 6.14. The molecule has 0 spiro atoms. The van der Waals surface area contributed by atoms with Gasteiger partial charge in [0.05, 0.1) is 104 Å². The van der Waals surface area contributed by atoms with Gasteiger partial charge in [-0.15, -0.1) is 0 Å². The number of benzene rings is 2. The molecule has 24 heteroatoms. The molecule has 0 unspecified atom stereocenters. The number of carbonyl (C=O) groups is 2. The monoisotopic (exact) mass is 1150 g/mol. The van der Waals surface area contributed by atoms with Crippen molar-refractivity contribution in [3.05, 3.63) is 82.1 Å². The Morgan fingerprint density at radius 2 is 1.05 bits per heavy atom. The molecule has 6 N–H and O–H groups in total. The van der Waals surface area contributed by atoms with E-state index in [1.54, 1.807) is 38.7 Å². The summed E-state index contributed by atoms with van der Waals surface area (Å²) in [5, 5.41) is 15.9. The number of ether oxygens (including phenoxy) is 6. The summed E-state index contributed by atoms with van der Waals surface area (Å²) in [6, 6.07) is 6.75. The van der Waals surface area contributed by atoms with Crippen LogP contribution in [0.5, 0.6) is 23.0 Å². The van der Waals surface area contributed by atoms with Gasteiger partial charge in [0, 0.05) is 71.9 Å². The Morgan fingerprint density at radius 3 is 1.43 bits per heavy atom. The largest absolute Gasteiger partial charge is 0.495 e. The average molecular weight is 1150 g/mol. The fourth-order valence-corrected chi connectivity index (χ4v) is 9.81. The van der Waals surface area contributed by atoms with Crippen LogP contribution in [0.3, 0.4) is 0 Å². The quantitative estimate of drug-likeness (QED) is 0.0353. The molecular formula is C53H58Cl5N11O8. The van der Waals surface area contributed by atoms with Gasteiger partial charge >= 0.3 is 0 Å². The molecule has 2 saturated heterocycles. The van der Waals surface area contributed by atoms with Crippen LogP contribution < -0.4 is 45.9 Å². The molecule has 2 aliphatic heterocycles. The van der Waals surface area contributed by atoms with Gasteiger partial charge < -0.3 is 55.4 Å². The highest BCUT2D eigenvalue weighted by molar-refractivity contribution is 6.66. The van der Waals surface area contributed by atoms with Crippen LogP contribution in [0.25, 0.3) is 44.3 Å². The van der Waals surface area contributed by atoms with Crippen LogP contribution in [0.2, 0.25) is 20.1 Å². The lowest BCUT2D eigenvalue weighted by Crippen LogP contribution is -2.39. The van der Waals surface area contributed by atoms with Crippen molar-refractivity contribution >= 4 is 114 Å². The molecule has 19 nitrogen and oxygen atoms in total. The molecule has 0 amide bonds. The molecule has 6 aromatic rings. The minimum atomic E-state index is -0.509. The molecule has 0 radical (unpaired) electrons. The third-order valence-corrected chi connectivity index (χ3v) is 14.8. The first-order valence-electron chi connectivity index (χ1n) is 24.6. The van der Waals surface area contributed by atoms with E-state index in [-0.39, 0.29) is 29.8 Å². The van der Waals surface area contributed by atoms with E-state index in [1.807, 2.05) is 12.1 Å². The van der Waals surface area contributed by atoms with E-state index in [1.165, 1.54) is 46.0 Å². The number of nitrogens with zero attached hydrogens (tertiary/aromatic N) is 6. The maximum Gasteiger partial charge on any atom is 0.244 e. The third-order valence-electron chi connectivity index (χ3n) is 13.1. The fraction of sp³-hybridized carbons (Fsp3) is 0.396. The number of allylic oxidation sites excluding steroid dienone is 2. The van der Waals surface area contributed by atoms with E-state index in [9.17, 15) is 9.59 Å². The summed E-state index contributed by atoms with van der Waals surface area (Å²) in [4.78, 5) is 49.7. The molecule has 2 saturated carbocycles. The summed E-state index contributed by atoms with van der Waals surface area (Å²) in [6.45, 7) is 10.2. The Morgan fingerprint density at radius 1 is 0.636 bits per heavy atom. The van der Waals surface area contributed by atoms with Gasteiger partial charge in [0.15, 0.2) is 17.4 Å². The number of methoxy groups -OCH3 is 4. The molecule has 4 atom stereocenters. The maximum absolute atomic E-state index is 11.9. The van der Waals surface area contributed by atoms with Crippen molar-refractivity contribution in [2.45, 2.75) is 50.2 Å². The van der Waals surface area contributed by atoms with Crippen molar-refractivity contribution in [2.75, 3.05) is 89.2 Å². The molecule has 4 aliphatic rings. The van der Waals surface area contributed by atoms with Gasteiger partial charge in [0.25, 0.3) is 0 Å². The number of nitrogens with two attached hydrogens (primary N) is 1. The Kier molecular flexibility index (Phi) is 19.4. The normalized spacial score (nSPS) is 18.5. The Balaban J connectivity index is 0.000000188. The molecule has 2 aliphatic carbocycles. The van der Waals surface area contributed by atoms with Crippen LogP contribution in [-0.4, -0.2) is 127 Å². The van der Waals surface area contributed by atoms with Gasteiger partial charge in [-0.1, -0.05) is 59.6 Å². The third kappa shape index (κ3) is 14.0. The molecule has 0 bridgehead atoms. The molecule has 408 valence electrons. The number of fused-ring (bicyclic) bond motifs is 2. The van der Waals surface area contributed by atoms with E-state index in [4.69, 9.17) is 112 Å². The highest BCUT2D eigenvalue weighted by atomic mass is 35.5. The Bertz CT molecular complexity index is 3110. The van der Waals surface area contributed by atoms with Crippen molar-refractivity contribution in [3.63, 3.8) is 0 Å². The number of carbonyl (C=O) groups excluding carboxylic acids is 2. The number of hydrogen-bond acceptors (Lipinski definition) is 19. The number of nitrogens with one attached hydrogen (secondary N) is 4. The summed E-state index contributed by atoms with van der Waals surface area (Å²) >= 11 is 31.4. The molecule has 6 heterocycles. The zero-order valence-electron chi connectivity index (χ0n) is 42.7. The minimum absolute atomic E-state index is 0.0125. The molecule has 4 fully saturated rings. The first-order valence-corrected chi connectivity index (χ1v) is 26.5. The van der Waals surface area contributed by atoms with E-state index < -0.39 is 5.24 Å². The summed E-state index contributed by atoms with van der Waals surface area (Å²) in [5.41, 5.74) is 9.58. The molecule has 2 aromatic carbocycles. The van der Waals surface area contributed by atoms with Crippen LogP contribution in [0.1, 0.15) is 32.1 Å². The number of pyridine rings is 2. The average Bonchev–Trinajstić information content (AvgIpc) is 4.37. The van der Waals surface area contributed by atoms with Crippen molar-refractivity contribution in [3.8, 4) is 45.5 Å². The van der Waals surface area contributed by atoms with Crippen molar-refractivity contribution < 1.29 is 38.0 Å². The van der Waals surface area contributed by atoms with E-state index in [0.29, 0.717) is 145 Å². The molecular weight excluding hydrogens is 1100 g/mol. The summed E-state index contributed by atoms with van der Waals surface area (Å²) in [5.74, 6) is 5.13. The first kappa shape index (κ1) is 57.2. The van der Waals surface area contributed by atoms with Crippen molar-refractivity contribution in [2.24, 2.45) is 23.5 Å². The zero-order chi connectivity index (χ0) is 54.9. The van der Waals surface area contributed by atoms with E-state index in [0.717, 1.165) is 29.9 Å². The minimum Gasteiger partial charge on any atom is -0.495 e. The van der Waals surface area contributed by atoms with Crippen LogP contribution >= 0.6 is 58.0 Å². The number of ketones is 1. The number of hydrogen-bond donors (Lipinski definition) is 5. The second-order valence-corrected chi connectivity index (χ2v) is 20.5. The SMILES string of the molecule is C=CC(=O)C[C@H]1COC[C@H]1Nc1ncc2cc(-c3c(Cl)c(OC)cc(OC)c3Cl)nc(NCC3CC3)c2n1.C=CC(=O)Cl.COc1cc(OC)c(Cl)c(-c2cc3cnc(N[C@@H]4COC[C@@H]4N)nc3c(NCC3CC3)n2)c1Cl. The highest BCUT2D eigenvalue weighted by Gasteiger charge is 2.32. The molecule has 10 rings (SSSR count). The first-order chi connectivity index (χ1) is 37.2. The van der Waals surface area contributed by atoms with Crippen LogP contribution in [-0.2, 0) is 19.1 Å². The van der Waals surface area contributed by atoms with Crippen LogP contribution in [0.4, 0.5) is 23.5 Å². The lowest BCUT2D eigenvalue weighted by atomic mass is 9.97. The summed E-state index contributed by atoms with van der Waals surface area (Å²) in [6.07, 6.45) is 11.0. The van der Waals surface area contributed by atoms with Gasteiger partial charge in [-0.2, -0.15) is 0 Å². The standard InChI is InChI=1S/C27H29Cl2N5O4.C23H26Cl2N6O3.C3H3ClO/c1-4-17(35)7-16-12-38-13-19(16)33-27-31-11-15-8-18(32-26(25(15)34-27)30-10-14-5-6-14)22-23(28)20(36-2)9-21(37-3)24(22)29;1-32-16-6-17(33-2)20(25)18(19(16)24)14-5-12-8-28-23(30-15-10-34-9-13(15)26)31-21(12)22(29-14)27-7-11-3-4-11;1-2-3(4)5/h4,8-9,11,14,16,19H,1,5-7,10,12-13H2,2-3H3,(H,30,32)(H,31,33,34);5-6,8,11,13,15H,3-4,7,9-10,26H2,1-2H3,(H,27,29)(H,28,30,31);2H,1H2/t16-,19+;13-,15+;/m00./s1. The highest BCUT2D eigenvalue weighted by Crippen LogP contribution is 2.48. The Labute approximate surface area is 470 Å². The smallest absolute Gasteiger partial charge is 0.244 e. The van der Waals surface area contributed by atoms with Gasteiger partial charge in [0.2, 0.25) is 17.1 Å². The van der Waals surface area contributed by atoms with E-state index >= 15 is 0 Å². The second-order valence-electron chi connectivity index (χ2n) is 18.6. The zero-order valence-corrected chi connectivity index (χ0v) is 46.5. The lowest BCUT2D eigenvalue weighted by Gasteiger charge is -2.19.